The molecule has 3 heterocycles. The fourth-order valence-corrected chi connectivity index (χ4v) is 5.31. The second kappa shape index (κ2) is 5.69. The van der Waals surface area contributed by atoms with Gasteiger partial charge in [0.1, 0.15) is 0 Å². The fraction of sp³-hybridized carbons (Fsp3) is 0.333. The molecule has 0 unspecified atom stereocenters. The summed E-state index contributed by atoms with van der Waals surface area (Å²) in [6.45, 7) is 4.08. The van der Waals surface area contributed by atoms with Gasteiger partial charge in [0, 0.05) is 29.2 Å². The Bertz CT molecular complexity index is 843. The van der Waals surface area contributed by atoms with Crippen LogP contribution < -0.4 is 0 Å². The van der Waals surface area contributed by atoms with Crippen LogP contribution in [0.15, 0.2) is 54.6 Å². The summed E-state index contributed by atoms with van der Waals surface area (Å²) in [7, 11) is 0. The van der Waals surface area contributed by atoms with E-state index in [1.54, 1.807) is 0 Å². The average molecular weight is 335 g/mol. The molecule has 0 bridgehead atoms. The molecule has 3 heteroatoms. The number of nitrogens with zero attached hydrogens (tertiary/aromatic N) is 1. The molecule has 24 heavy (non-hydrogen) atoms. The van der Waals surface area contributed by atoms with E-state index >= 15 is 0 Å². The maximum Gasteiger partial charge on any atom is 0.0963 e. The number of hydrogen-bond acceptors (Lipinski definition) is 3. The zero-order valence-corrected chi connectivity index (χ0v) is 14.5. The molecule has 0 radical (unpaired) electrons. The number of thiophene rings is 1. The van der Waals surface area contributed by atoms with E-state index in [2.05, 4.69) is 59.5 Å². The molecule has 1 fully saturated rings. The molecule has 0 N–H and O–H groups in total. The van der Waals surface area contributed by atoms with Crippen LogP contribution in [0, 0.1) is 0 Å². The van der Waals surface area contributed by atoms with E-state index in [1.807, 2.05) is 11.3 Å². The number of ether oxygens (including phenoxy) is 1. The lowest BCUT2D eigenvalue weighted by Crippen LogP contribution is -2.41. The normalized spacial score (nSPS) is 19.8. The largest absolute Gasteiger partial charge is 0.365 e. The van der Waals surface area contributed by atoms with Crippen LogP contribution in [0.1, 0.15) is 28.8 Å². The first-order chi connectivity index (χ1) is 11.8. The highest BCUT2D eigenvalue weighted by Crippen LogP contribution is 2.44. The van der Waals surface area contributed by atoms with E-state index < -0.39 is 0 Å². The number of fused-ring (bicyclic) bond motifs is 3. The topological polar surface area (TPSA) is 12.5 Å². The molecule has 1 spiro atoms. The molecule has 0 saturated carbocycles. The summed E-state index contributed by atoms with van der Waals surface area (Å²) >= 11 is 1.93. The van der Waals surface area contributed by atoms with Crippen LogP contribution in [0.4, 0.5) is 0 Å². The number of benzene rings is 2. The number of rotatable bonds is 2. The highest BCUT2D eigenvalue weighted by Gasteiger charge is 2.42. The van der Waals surface area contributed by atoms with E-state index in [9.17, 15) is 0 Å². The number of piperidine rings is 1. The minimum Gasteiger partial charge on any atom is -0.365 e. The van der Waals surface area contributed by atoms with Gasteiger partial charge in [0.25, 0.3) is 0 Å². The van der Waals surface area contributed by atoms with Crippen molar-refractivity contribution < 1.29 is 4.74 Å². The van der Waals surface area contributed by atoms with Gasteiger partial charge in [-0.25, -0.2) is 0 Å². The third-order valence-corrected chi connectivity index (χ3v) is 6.63. The van der Waals surface area contributed by atoms with Crippen LogP contribution in [-0.2, 0) is 23.5 Å². The lowest BCUT2D eigenvalue weighted by molar-refractivity contribution is -0.0798. The Morgan fingerprint density at radius 3 is 2.67 bits per heavy atom. The summed E-state index contributed by atoms with van der Waals surface area (Å²) in [6.07, 6.45) is 2.21. The first-order valence-electron chi connectivity index (χ1n) is 8.75. The second-order valence-electron chi connectivity index (χ2n) is 6.97. The van der Waals surface area contributed by atoms with Crippen molar-refractivity contribution in [2.24, 2.45) is 0 Å². The molecule has 2 aromatic carbocycles. The van der Waals surface area contributed by atoms with Gasteiger partial charge in [-0.1, -0.05) is 42.5 Å². The molecule has 0 aliphatic carbocycles. The quantitative estimate of drug-likeness (QED) is 0.659. The van der Waals surface area contributed by atoms with Crippen LogP contribution in [0.3, 0.4) is 0 Å². The first-order valence-corrected chi connectivity index (χ1v) is 9.56. The molecular formula is C21H21NOS. The van der Waals surface area contributed by atoms with E-state index in [-0.39, 0.29) is 5.60 Å². The summed E-state index contributed by atoms with van der Waals surface area (Å²) in [5, 5.41) is 1.37. The lowest BCUT2D eigenvalue weighted by atomic mass is 9.84. The minimum atomic E-state index is -0.0206. The Morgan fingerprint density at radius 2 is 1.79 bits per heavy atom. The maximum atomic E-state index is 6.27. The Labute approximate surface area is 146 Å². The lowest BCUT2D eigenvalue weighted by Gasteiger charge is -2.39. The van der Waals surface area contributed by atoms with E-state index in [4.69, 9.17) is 4.74 Å². The Hall–Kier alpha value is -1.68. The molecule has 3 aromatic rings. The zero-order valence-electron chi connectivity index (χ0n) is 13.7. The molecule has 0 amide bonds. The summed E-state index contributed by atoms with van der Waals surface area (Å²) in [5.41, 5.74) is 2.80. The van der Waals surface area contributed by atoms with E-state index in [0.717, 1.165) is 39.1 Å². The molecule has 5 rings (SSSR count). The van der Waals surface area contributed by atoms with Gasteiger partial charge in [-0.3, -0.25) is 4.90 Å². The van der Waals surface area contributed by atoms with Crippen LogP contribution in [0.25, 0.3) is 10.1 Å². The minimum absolute atomic E-state index is 0.0206. The molecule has 122 valence electrons. The van der Waals surface area contributed by atoms with Crippen LogP contribution >= 0.6 is 11.3 Å². The average Bonchev–Trinajstić information content (AvgIpc) is 3.19. The van der Waals surface area contributed by atoms with Crippen molar-refractivity contribution >= 4 is 21.4 Å². The molecule has 1 saturated heterocycles. The van der Waals surface area contributed by atoms with Gasteiger partial charge in [0.2, 0.25) is 0 Å². The highest BCUT2D eigenvalue weighted by molar-refractivity contribution is 7.19. The van der Waals surface area contributed by atoms with Gasteiger partial charge < -0.3 is 4.74 Å². The highest BCUT2D eigenvalue weighted by atomic mass is 32.1. The van der Waals surface area contributed by atoms with Crippen molar-refractivity contribution in [1.29, 1.82) is 0 Å². The molecule has 2 aliphatic rings. The smallest absolute Gasteiger partial charge is 0.0963 e. The standard InChI is InChI=1S/C21H21NOS/c1-3-7-19-17(6-1)15-23-21(19)9-11-22(12-10-21)14-18-13-16-5-2-4-8-20(16)24-18/h1-8,13H,9-12,14-15H2. The van der Waals surface area contributed by atoms with Crippen molar-refractivity contribution in [3.8, 4) is 0 Å². The monoisotopic (exact) mass is 335 g/mol. The predicted octanol–water partition coefficient (Wildman–Crippen LogP) is 4.92. The summed E-state index contributed by atoms with van der Waals surface area (Å²) in [4.78, 5) is 4.06. The Balaban J connectivity index is 1.31. The van der Waals surface area contributed by atoms with Crippen molar-refractivity contribution in [2.45, 2.75) is 31.6 Å². The van der Waals surface area contributed by atoms with Crippen molar-refractivity contribution in [3.05, 3.63) is 70.6 Å². The van der Waals surface area contributed by atoms with Gasteiger partial charge in [-0.2, -0.15) is 0 Å². The van der Waals surface area contributed by atoms with E-state index in [1.165, 1.54) is 26.1 Å². The van der Waals surface area contributed by atoms with Gasteiger partial charge in [-0.05, 0) is 41.5 Å². The van der Waals surface area contributed by atoms with Crippen LogP contribution in [0.2, 0.25) is 0 Å². The second-order valence-corrected chi connectivity index (χ2v) is 8.14. The van der Waals surface area contributed by atoms with Crippen molar-refractivity contribution in [2.75, 3.05) is 13.1 Å². The summed E-state index contributed by atoms with van der Waals surface area (Å²) < 4.78 is 7.67. The Morgan fingerprint density at radius 1 is 1.00 bits per heavy atom. The summed E-state index contributed by atoms with van der Waals surface area (Å²) in [6, 6.07) is 19.8. The first kappa shape index (κ1) is 14.6. The molecular weight excluding hydrogens is 314 g/mol. The number of likely N-dealkylation sites (tertiary alicyclic amines) is 1. The molecule has 1 aromatic heterocycles. The van der Waals surface area contributed by atoms with Gasteiger partial charge >= 0.3 is 0 Å². The maximum absolute atomic E-state index is 6.27. The van der Waals surface area contributed by atoms with Gasteiger partial charge in [0.05, 0.1) is 12.2 Å². The number of hydrogen-bond donors (Lipinski definition) is 0. The van der Waals surface area contributed by atoms with E-state index in [0.29, 0.717) is 0 Å². The Kier molecular flexibility index (Phi) is 3.47. The van der Waals surface area contributed by atoms with Crippen molar-refractivity contribution in [1.82, 2.24) is 4.90 Å². The third kappa shape index (κ3) is 2.39. The molecule has 2 nitrogen and oxygen atoms in total. The zero-order chi connectivity index (χ0) is 16.0. The van der Waals surface area contributed by atoms with Gasteiger partial charge in [0.15, 0.2) is 0 Å². The summed E-state index contributed by atoms with van der Waals surface area (Å²) in [5.74, 6) is 0. The third-order valence-electron chi connectivity index (χ3n) is 5.53. The molecule has 0 atom stereocenters. The predicted molar refractivity (Wildman–Crippen MR) is 99.2 cm³/mol. The van der Waals surface area contributed by atoms with Gasteiger partial charge in [-0.15, -0.1) is 11.3 Å². The SMILES string of the molecule is c1ccc2c(c1)COC21CCN(Cc2cc3ccccc3s2)CC1. The van der Waals surface area contributed by atoms with Crippen LogP contribution in [0.5, 0.6) is 0 Å². The molecule has 2 aliphatic heterocycles. The van der Waals surface area contributed by atoms with Crippen molar-refractivity contribution in [3.63, 3.8) is 0 Å². The fourth-order valence-electron chi connectivity index (χ4n) is 4.21. The van der Waals surface area contributed by atoms with Crippen LogP contribution in [-0.4, -0.2) is 18.0 Å².